The van der Waals surface area contributed by atoms with E-state index in [0.717, 1.165) is 51.1 Å². The Morgan fingerprint density at radius 1 is 1.07 bits per heavy atom. The predicted octanol–water partition coefficient (Wildman–Crippen LogP) is 3.47. The molecule has 0 saturated carbocycles. The number of fused-ring (bicyclic) bond motifs is 4. The summed E-state index contributed by atoms with van der Waals surface area (Å²) < 4.78 is 7.45. The molecule has 6 heterocycles. The summed E-state index contributed by atoms with van der Waals surface area (Å²) in [4.78, 5) is 36.7. The van der Waals surface area contributed by atoms with Crippen molar-refractivity contribution in [2.75, 3.05) is 51.0 Å². The van der Waals surface area contributed by atoms with Crippen molar-refractivity contribution in [3.63, 3.8) is 0 Å². The molecule has 0 spiro atoms. The van der Waals surface area contributed by atoms with Crippen LogP contribution >= 0.6 is 0 Å². The third kappa shape index (κ3) is 4.30. The fourth-order valence-electron chi connectivity index (χ4n) is 5.84. The lowest BCUT2D eigenvalue weighted by Gasteiger charge is -2.33. The minimum Gasteiger partial charge on any atom is -0.464 e. The van der Waals surface area contributed by atoms with Gasteiger partial charge in [0.15, 0.2) is 0 Å². The molecule has 0 unspecified atom stereocenters. The topological polar surface area (TPSA) is 111 Å². The summed E-state index contributed by atoms with van der Waals surface area (Å²) in [5.41, 5.74) is 7.38. The van der Waals surface area contributed by atoms with Crippen LogP contribution in [0, 0.1) is 0 Å². The van der Waals surface area contributed by atoms with Crippen molar-refractivity contribution in [2.45, 2.75) is 13.1 Å². The molecule has 2 aliphatic rings. The molecular formula is C30H30N8O3. The van der Waals surface area contributed by atoms with E-state index in [1.165, 1.54) is 0 Å². The number of piperazine rings is 1. The summed E-state index contributed by atoms with van der Waals surface area (Å²) in [6, 6.07) is 11.6. The van der Waals surface area contributed by atoms with E-state index in [1.54, 1.807) is 6.26 Å². The molecule has 208 valence electrons. The molecule has 0 atom stereocenters. The summed E-state index contributed by atoms with van der Waals surface area (Å²) >= 11 is 0. The van der Waals surface area contributed by atoms with Crippen LogP contribution in [0.4, 0.5) is 17.2 Å². The maximum absolute atomic E-state index is 13.1. The fraction of sp³-hybridized carbons (Fsp3) is 0.267. The van der Waals surface area contributed by atoms with Gasteiger partial charge in [-0.25, -0.2) is 9.50 Å². The van der Waals surface area contributed by atoms with Crippen LogP contribution in [-0.2, 0) is 17.9 Å². The highest BCUT2D eigenvalue weighted by atomic mass is 16.3. The number of hydrogen-bond donors (Lipinski definition) is 2. The van der Waals surface area contributed by atoms with E-state index < -0.39 is 0 Å². The number of hydrogen-bond acceptors (Lipinski definition) is 8. The third-order valence-corrected chi connectivity index (χ3v) is 7.75. The Kier molecular flexibility index (Phi) is 5.98. The Bertz CT molecular complexity index is 1840. The van der Waals surface area contributed by atoms with Crippen molar-refractivity contribution in [3.8, 4) is 11.1 Å². The molecule has 11 nitrogen and oxygen atoms in total. The number of carbonyl (C=O) groups is 2. The molecule has 2 amide bonds. The lowest BCUT2D eigenvalue weighted by atomic mass is 9.95. The SMILES string of the molecule is CN(C)Cc1nc(Nc2ccc(-c3cnn4ccc5occc5c34)c3c2C(=O)NC3)ccc1N1CCN(C)CC1=O. The largest absolute Gasteiger partial charge is 0.464 e. The first-order valence-corrected chi connectivity index (χ1v) is 13.6. The van der Waals surface area contributed by atoms with Crippen LogP contribution in [-0.4, -0.2) is 77.0 Å². The van der Waals surface area contributed by atoms with Gasteiger partial charge < -0.3 is 24.9 Å². The van der Waals surface area contributed by atoms with E-state index in [2.05, 4.69) is 15.7 Å². The first kappa shape index (κ1) is 25.2. The van der Waals surface area contributed by atoms with Gasteiger partial charge in [0, 0.05) is 43.3 Å². The zero-order valence-electron chi connectivity index (χ0n) is 23.1. The van der Waals surface area contributed by atoms with Crippen molar-refractivity contribution >= 4 is 45.5 Å². The Balaban J connectivity index is 1.27. The smallest absolute Gasteiger partial charge is 0.254 e. The van der Waals surface area contributed by atoms with Gasteiger partial charge >= 0.3 is 0 Å². The Hall–Kier alpha value is -4.74. The number of aromatic nitrogens is 3. The van der Waals surface area contributed by atoms with Crippen molar-refractivity contribution in [1.82, 2.24) is 29.7 Å². The van der Waals surface area contributed by atoms with E-state index >= 15 is 0 Å². The lowest BCUT2D eigenvalue weighted by molar-refractivity contribution is -0.120. The fourth-order valence-corrected chi connectivity index (χ4v) is 5.84. The molecule has 0 bridgehead atoms. The maximum atomic E-state index is 13.1. The van der Waals surface area contributed by atoms with Crippen molar-refractivity contribution in [2.24, 2.45) is 0 Å². The summed E-state index contributed by atoms with van der Waals surface area (Å²) in [6.07, 6.45) is 5.38. The molecular weight excluding hydrogens is 520 g/mol. The molecule has 2 N–H and O–H groups in total. The van der Waals surface area contributed by atoms with Gasteiger partial charge in [0.1, 0.15) is 11.4 Å². The van der Waals surface area contributed by atoms with E-state index in [-0.39, 0.29) is 11.8 Å². The van der Waals surface area contributed by atoms with Crippen LogP contribution in [0.25, 0.3) is 27.6 Å². The highest BCUT2D eigenvalue weighted by Crippen LogP contribution is 2.38. The van der Waals surface area contributed by atoms with Gasteiger partial charge in [0.25, 0.3) is 5.91 Å². The second-order valence-electron chi connectivity index (χ2n) is 10.9. The number of carbonyl (C=O) groups excluding carboxylic acids is 2. The van der Waals surface area contributed by atoms with Gasteiger partial charge in [-0.1, -0.05) is 6.07 Å². The Morgan fingerprint density at radius 2 is 1.95 bits per heavy atom. The Labute approximate surface area is 236 Å². The van der Waals surface area contributed by atoms with Crippen LogP contribution in [0.15, 0.2) is 59.5 Å². The van der Waals surface area contributed by atoms with Gasteiger partial charge in [-0.2, -0.15) is 5.10 Å². The summed E-state index contributed by atoms with van der Waals surface area (Å²) in [6.45, 7) is 2.79. The molecule has 2 aliphatic heterocycles. The van der Waals surface area contributed by atoms with E-state index in [0.29, 0.717) is 43.2 Å². The summed E-state index contributed by atoms with van der Waals surface area (Å²) in [5, 5.41) is 11.9. The van der Waals surface area contributed by atoms with Gasteiger partial charge in [0.05, 0.1) is 47.2 Å². The molecule has 4 aromatic heterocycles. The van der Waals surface area contributed by atoms with Crippen LogP contribution in [0.1, 0.15) is 21.6 Å². The highest BCUT2D eigenvalue weighted by Gasteiger charge is 2.29. The van der Waals surface area contributed by atoms with Crippen LogP contribution < -0.4 is 15.5 Å². The third-order valence-electron chi connectivity index (χ3n) is 7.75. The molecule has 0 aliphatic carbocycles. The zero-order valence-corrected chi connectivity index (χ0v) is 23.1. The number of benzene rings is 1. The lowest BCUT2D eigenvalue weighted by Crippen LogP contribution is -2.49. The molecule has 11 heteroatoms. The van der Waals surface area contributed by atoms with Gasteiger partial charge in [-0.3, -0.25) is 14.5 Å². The van der Waals surface area contributed by atoms with Gasteiger partial charge in [-0.15, -0.1) is 0 Å². The number of nitrogens with zero attached hydrogens (tertiary/aromatic N) is 6. The van der Waals surface area contributed by atoms with Crippen LogP contribution in [0.2, 0.25) is 0 Å². The van der Waals surface area contributed by atoms with E-state index in [1.807, 2.05) is 89.2 Å². The zero-order chi connectivity index (χ0) is 28.2. The summed E-state index contributed by atoms with van der Waals surface area (Å²) in [7, 11) is 5.91. The molecule has 0 radical (unpaired) electrons. The number of furan rings is 1. The monoisotopic (exact) mass is 550 g/mol. The number of likely N-dealkylation sites (N-methyl/N-ethyl adjacent to an activating group) is 1. The first-order valence-electron chi connectivity index (χ1n) is 13.6. The standard InChI is InChI=1S/C30H30N8O3/c1-35(2)16-23-24(37-12-11-36(3)17-27(37)39)6-7-26(34-23)33-22-5-4-18(20-14-31-30(40)28(20)22)21-15-32-38-10-8-25-19(29(21)38)9-13-41-25/h4-10,13,15H,11-12,14,16-17H2,1-3H3,(H,31,40)(H,33,34). The average Bonchev–Trinajstić information content (AvgIpc) is 3.68. The number of nitrogens with one attached hydrogen (secondary N) is 2. The second kappa shape index (κ2) is 9.72. The molecule has 1 aromatic carbocycles. The number of pyridine rings is 2. The maximum Gasteiger partial charge on any atom is 0.254 e. The minimum atomic E-state index is -0.137. The Morgan fingerprint density at radius 3 is 2.78 bits per heavy atom. The predicted molar refractivity (Wildman–Crippen MR) is 156 cm³/mol. The van der Waals surface area contributed by atoms with E-state index in [4.69, 9.17) is 9.40 Å². The van der Waals surface area contributed by atoms with Gasteiger partial charge in [-0.05, 0) is 62.6 Å². The summed E-state index contributed by atoms with van der Waals surface area (Å²) in [5.74, 6) is 0.534. The molecule has 41 heavy (non-hydrogen) atoms. The first-order chi connectivity index (χ1) is 19.9. The van der Waals surface area contributed by atoms with Crippen LogP contribution in [0.3, 0.4) is 0 Å². The van der Waals surface area contributed by atoms with Crippen molar-refractivity contribution in [3.05, 3.63) is 71.9 Å². The molecule has 1 fully saturated rings. The minimum absolute atomic E-state index is 0.0618. The van der Waals surface area contributed by atoms with Crippen molar-refractivity contribution < 1.29 is 14.0 Å². The van der Waals surface area contributed by atoms with Crippen molar-refractivity contribution in [1.29, 1.82) is 0 Å². The molecule has 1 saturated heterocycles. The number of amides is 2. The molecule has 7 rings (SSSR count). The number of rotatable bonds is 6. The number of anilines is 3. The van der Waals surface area contributed by atoms with Crippen LogP contribution in [0.5, 0.6) is 0 Å². The normalized spacial score (nSPS) is 15.8. The van der Waals surface area contributed by atoms with Gasteiger partial charge in [0.2, 0.25) is 5.91 Å². The quantitative estimate of drug-likeness (QED) is 0.331. The molecule has 5 aromatic rings. The second-order valence-corrected chi connectivity index (χ2v) is 10.9. The average molecular weight is 551 g/mol. The van der Waals surface area contributed by atoms with E-state index in [9.17, 15) is 9.59 Å². The highest BCUT2D eigenvalue weighted by molar-refractivity contribution is 6.08.